The summed E-state index contributed by atoms with van der Waals surface area (Å²) < 4.78 is 7.01. The Labute approximate surface area is 240 Å². The molecule has 0 spiro atoms. The molecule has 0 bridgehead atoms. The number of aromatic nitrogens is 2. The van der Waals surface area contributed by atoms with Crippen LogP contribution >= 0.6 is 35.6 Å². The number of thioether (sulfide) groups is 1. The van der Waals surface area contributed by atoms with Crippen molar-refractivity contribution in [3.63, 3.8) is 0 Å². The third-order valence-corrected chi connectivity index (χ3v) is 8.35. The monoisotopic (exact) mass is 583 g/mol. The first-order chi connectivity index (χ1) is 18.8. The number of halogens is 1. The molecule has 0 N–H and O–H groups in total. The summed E-state index contributed by atoms with van der Waals surface area (Å²) in [6, 6.07) is 11.0. The van der Waals surface area contributed by atoms with Gasteiger partial charge in [0.2, 0.25) is 0 Å². The molecule has 39 heavy (non-hydrogen) atoms. The summed E-state index contributed by atoms with van der Waals surface area (Å²) in [6.07, 6.45) is 2.89. The lowest BCUT2D eigenvalue weighted by Crippen LogP contribution is -2.49. The molecule has 2 fully saturated rings. The summed E-state index contributed by atoms with van der Waals surface area (Å²) in [5.41, 5.74) is 2.16. The summed E-state index contributed by atoms with van der Waals surface area (Å²) in [4.78, 5) is 49.7. The molecule has 0 aliphatic carbocycles. The quantitative estimate of drug-likeness (QED) is 0.324. The van der Waals surface area contributed by atoms with Crippen LogP contribution < -0.4 is 10.5 Å². The topological polar surface area (TPSA) is 87.5 Å². The molecular weight excluding hydrogens is 558 g/mol. The smallest absolute Gasteiger partial charge is 0.409 e. The van der Waals surface area contributed by atoms with Gasteiger partial charge in [-0.25, -0.2) is 9.78 Å². The second kappa shape index (κ2) is 11.4. The average Bonchev–Trinajstić information content (AvgIpc) is 3.19. The van der Waals surface area contributed by atoms with Crippen LogP contribution in [0.5, 0.6) is 0 Å². The van der Waals surface area contributed by atoms with Crippen LogP contribution in [-0.2, 0) is 16.1 Å². The number of anilines is 1. The number of piperazine rings is 1. The molecule has 2 amide bonds. The molecule has 2 saturated heterocycles. The minimum atomic E-state index is -0.359. The highest BCUT2D eigenvalue weighted by Gasteiger charge is 2.34. The van der Waals surface area contributed by atoms with Gasteiger partial charge < -0.3 is 14.5 Å². The third-order valence-electron chi connectivity index (χ3n) is 6.60. The van der Waals surface area contributed by atoms with Crippen molar-refractivity contribution in [1.29, 1.82) is 0 Å². The summed E-state index contributed by atoms with van der Waals surface area (Å²) in [6.45, 7) is 5.97. The normalized spacial score (nSPS) is 17.0. The number of benzene rings is 1. The van der Waals surface area contributed by atoms with Crippen LogP contribution in [0.2, 0.25) is 5.02 Å². The number of aryl methyl sites for hydroxylation is 1. The van der Waals surface area contributed by atoms with Gasteiger partial charge in [-0.2, -0.15) is 0 Å². The van der Waals surface area contributed by atoms with Crippen molar-refractivity contribution in [2.45, 2.75) is 20.4 Å². The van der Waals surface area contributed by atoms with Crippen molar-refractivity contribution < 1.29 is 14.3 Å². The number of hydrogen-bond acceptors (Lipinski definition) is 8. The lowest BCUT2D eigenvalue weighted by atomic mass is 10.2. The minimum absolute atomic E-state index is 0.235. The van der Waals surface area contributed by atoms with Crippen LogP contribution in [0.3, 0.4) is 0 Å². The zero-order chi connectivity index (χ0) is 27.7. The van der Waals surface area contributed by atoms with Crippen molar-refractivity contribution in [3.8, 4) is 0 Å². The van der Waals surface area contributed by atoms with Crippen molar-refractivity contribution in [2.75, 3.05) is 37.7 Å². The Morgan fingerprint density at radius 1 is 1.15 bits per heavy atom. The van der Waals surface area contributed by atoms with Gasteiger partial charge >= 0.3 is 6.09 Å². The minimum Gasteiger partial charge on any atom is -0.450 e. The third kappa shape index (κ3) is 5.39. The number of thiocarbonyl (C=S) groups is 1. The first kappa shape index (κ1) is 27.2. The number of carbonyl (C=O) groups is 2. The van der Waals surface area contributed by atoms with E-state index >= 15 is 0 Å². The first-order valence-electron chi connectivity index (χ1n) is 12.5. The number of ether oxygens (including phenoxy) is 1. The number of amides is 2. The summed E-state index contributed by atoms with van der Waals surface area (Å²) in [5, 5.41) is 0.548. The first-order valence-corrected chi connectivity index (χ1v) is 14.1. The van der Waals surface area contributed by atoms with Gasteiger partial charge in [0.05, 0.1) is 23.6 Å². The van der Waals surface area contributed by atoms with E-state index in [0.29, 0.717) is 64.1 Å². The fraction of sp³-hybridized carbons (Fsp3) is 0.296. The van der Waals surface area contributed by atoms with E-state index in [0.717, 1.165) is 22.9 Å². The maximum Gasteiger partial charge on any atom is 0.409 e. The van der Waals surface area contributed by atoms with Crippen molar-refractivity contribution in [2.24, 2.45) is 0 Å². The van der Waals surface area contributed by atoms with E-state index in [1.54, 1.807) is 36.2 Å². The van der Waals surface area contributed by atoms with E-state index in [2.05, 4.69) is 0 Å². The van der Waals surface area contributed by atoms with E-state index in [-0.39, 0.29) is 24.1 Å². The second-order valence-electron chi connectivity index (χ2n) is 9.07. The number of carbonyl (C=O) groups excluding carboxylic acids is 2. The summed E-state index contributed by atoms with van der Waals surface area (Å²) >= 11 is 13.0. The predicted molar refractivity (Wildman–Crippen MR) is 157 cm³/mol. The molecule has 0 radical (unpaired) electrons. The zero-order valence-electron chi connectivity index (χ0n) is 21.4. The molecule has 1 aromatic carbocycles. The molecule has 5 rings (SSSR count). The molecule has 2 aliphatic rings. The Balaban J connectivity index is 1.52. The Bertz CT molecular complexity index is 1570. The van der Waals surface area contributed by atoms with Crippen LogP contribution in [0.25, 0.3) is 11.7 Å². The maximum absolute atomic E-state index is 13.8. The number of pyridine rings is 1. The highest BCUT2D eigenvalue weighted by Crippen LogP contribution is 2.35. The molecule has 0 unspecified atom stereocenters. The second-order valence-corrected chi connectivity index (χ2v) is 11.2. The maximum atomic E-state index is 13.8. The zero-order valence-corrected chi connectivity index (χ0v) is 23.8. The molecular formula is C27H26ClN5O4S2. The van der Waals surface area contributed by atoms with E-state index in [4.69, 9.17) is 33.5 Å². The fourth-order valence-electron chi connectivity index (χ4n) is 4.55. The lowest BCUT2D eigenvalue weighted by molar-refractivity contribution is -0.122. The van der Waals surface area contributed by atoms with E-state index in [9.17, 15) is 14.4 Å². The van der Waals surface area contributed by atoms with Crippen molar-refractivity contribution in [1.82, 2.24) is 19.2 Å². The van der Waals surface area contributed by atoms with Gasteiger partial charge in [0.1, 0.15) is 15.8 Å². The predicted octanol–water partition coefficient (Wildman–Crippen LogP) is 4.34. The molecule has 0 saturated carbocycles. The van der Waals surface area contributed by atoms with Gasteiger partial charge in [-0.3, -0.25) is 18.9 Å². The Morgan fingerprint density at radius 3 is 2.62 bits per heavy atom. The van der Waals surface area contributed by atoms with Gasteiger partial charge in [0, 0.05) is 37.4 Å². The van der Waals surface area contributed by atoms with Gasteiger partial charge in [0.25, 0.3) is 11.5 Å². The van der Waals surface area contributed by atoms with Crippen LogP contribution in [0.4, 0.5) is 10.6 Å². The van der Waals surface area contributed by atoms with Crippen molar-refractivity contribution in [3.05, 3.63) is 79.6 Å². The molecule has 9 nitrogen and oxygen atoms in total. The number of rotatable bonds is 5. The van der Waals surface area contributed by atoms with Gasteiger partial charge in [0.15, 0.2) is 0 Å². The molecule has 0 atom stereocenters. The van der Waals surface area contributed by atoms with E-state index in [1.165, 1.54) is 9.30 Å². The van der Waals surface area contributed by atoms with Crippen LogP contribution in [0.15, 0.2) is 52.3 Å². The summed E-state index contributed by atoms with van der Waals surface area (Å²) in [7, 11) is 0. The van der Waals surface area contributed by atoms with Crippen LogP contribution in [0.1, 0.15) is 23.6 Å². The number of nitrogens with zero attached hydrogens (tertiary/aromatic N) is 5. The highest BCUT2D eigenvalue weighted by atomic mass is 35.5. The fourth-order valence-corrected chi connectivity index (χ4v) is 5.98. The van der Waals surface area contributed by atoms with Crippen molar-refractivity contribution >= 4 is 69.4 Å². The standard InChI is InChI=1S/C27H26ClN5O4S2/c1-3-37-26(36)31-13-11-30(12-14-31)23-19(24(34)32-10-6-7-17(2)22(32)29-23)15-21-25(35)33(27(38)39-21)16-18-8-4-5-9-20(18)28/h4-10,15H,3,11-14,16H2,1-2H3. The molecule has 3 aromatic rings. The van der Waals surface area contributed by atoms with Gasteiger partial charge in [-0.05, 0) is 43.2 Å². The van der Waals surface area contributed by atoms with E-state index < -0.39 is 0 Å². The lowest BCUT2D eigenvalue weighted by Gasteiger charge is -2.35. The largest absolute Gasteiger partial charge is 0.450 e. The average molecular weight is 584 g/mol. The molecule has 2 aliphatic heterocycles. The molecule has 202 valence electrons. The summed E-state index contributed by atoms with van der Waals surface area (Å²) in [5.74, 6) is 0.172. The molecule has 4 heterocycles. The molecule has 2 aromatic heterocycles. The SMILES string of the molecule is CCOC(=O)N1CCN(c2nc3c(C)cccn3c(=O)c2C=C2SC(=S)N(Cc3ccccc3Cl)C2=O)CC1. The number of hydrogen-bond donors (Lipinski definition) is 0. The van der Waals surface area contributed by atoms with Crippen LogP contribution in [0, 0.1) is 6.92 Å². The Hall–Kier alpha value is -3.41. The van der Waals surface area contributed by atoms with Crippen LogP contribution in [-0.4, -0.2) is 68.3 Å². The molecule has 12 heteroatoms. The van der Waals surface area contributed by atoms with E-state index in [1.807, 2.05) is 36.1 Å². The van der Waals surface area contributed by atoms with Gasteiger partial charge in [-0.1, -0.05) is 59.8 Å². The number of fused-ring (bicyclic) bond motifs is 1. The van der Waals surface area contributed by atoms with Gasteiger partial charge in [-0.15, -0.1) is 0 Å². The Morgan fingerprint density at radius 2 is 1.90 bits per heavy atom. The highest BCUT2D eigenvalue weighted by molar-refractivity contribution is 8.26. The Kier molecular flexibility index (Phi) is 7.92.